The predicted molar refractivity (Wildman–Crippen MR) is 75.7 cm³/mol. The molecule has 1 aromatic carbocycles. The SMILES string of the molecule is OC[C@H]1C=C[C@@H](N[C@@H]2CCSc3ccc(F)cc32)C1. The van der Waals surface area contributed by atoms with Gasteiger partial charge in [0.05, 0.1) is 0 Å². The van der Waals surface area contributed by atoms with Crippen molar-refractivity contribution in [3.8, 4) is 0 Å². The van der Waals surface area contributed by atoms with E-state index in [-0.39, 0.29) is 24.4 Å². The molecule has 0 unspecified atom stereocenters. The summed E-state index contributed by atoms with van der Waals surface area (Å²) in [5.41, 5.74) is 1.08. The molecule has 0 aromatic heterocycles. The molecule has 0 saturated heterocycles. The normalized spacial score (nSPS) is 29.5. The summed E-state index contributed by atoms with van der Waals surface area (Å²) in [6.07, 6.45) is 6.16. The second-order valence-corrected chi connectivity index (χ2v) is 6.35. The number of hydrogen-bond acceptors (Lipinski definition) is 3. The molecule has 2 N–H and O–H groups in total. The zero-order valence-corrected chi connectivity index (χ0v) is 11.5. The van der Waals surface area contributed by atoms with Crippen molar-refractivity contribution in [3.05, 3.63) is 41.7 Å². The molecule has 1 heterocycles. The number of hydrogen-bond donors (Lipinski definition) is 2. The number of halogens is 1. The molecule has 3 rings (SSSR count). The monoisotopic (exact) mass is 279 g/mol. The zero-order valence-electron chi connectivity index (χ0n) is 10.7. The largest absolute Gasteiger partial charge is 0.396 e. The summed E-state index contributed by atoms with van der Waals surface area (Å²) in [4.78, 5) is 1.19. The second-order valence-electron chi connectivity index (χ2n) is 5.21. The van der Waals surface area contributed by atoms with Crippen LogP contribution in [0.4, 0.5) is 4.39 Å². The Bertz CT molecular complexity index is 491. The Labute approximate surface area is 117 Å². The molecule has 1 aromatic rings. The van der Waals surface area contributed by atoms with Crippen molar-refractivity contribution in [2.24, 2.45) is 5.92 Å². The van der Waals surface area contributed by atoms with Crippen molar-refractivity contribution in [2.45, 2.75) is 29.8 Å². The molecular formula is C15H18FNOS. The van der Waals surface area contributed by atoms with Crippen LogP contribution in [0.5, 0.6) is 0 Å². The van der Waals surface area contributed by atoms with E-state index in [1.165, 1.54) is 11.0 Å². The molecule has 102 valence electrons. The lowest BCUT2D eigenvalue weighted by molar-refractivity contribution is 0.244. The molecule has 0 saturated carbocycles. The van der Waals surface area contributed by atoms with E-state index < -0.39 is 0 Å². The van der Waals surface area contributed by atoms with Gasteiger partial charge in [-0.25, -0.2) is 4.39 Å². The van der Waals surface area contributed by atoms with Crippen LogP contribution < -0.4 is 5.32 Å². The molecule has 0 amide bonds. The van der Waals surface area contributed by atoms with Gasteiger partial charge in [-0.1, -0.05) is 12.2 Å². The Morgan fingerprint density at radius 3 is 3.05 bits per heavy atom. The number of thioether (sulfide) groups is 1. The highest BCUT2D eigenvalue weighted by atomic mass is 32.2. The van der Waals surface area contributed by atoms with Crippen LogP contribution in [0, 0.1) is 11.7 Å². The van der Waals surface area contributed by atoms with Gasteiger partial charge < -0.3 is 10.4 Å². The number of fused-ring (bicyclic) bond motifs is 1. The Hall–Kier alpha value is -0.840. The fraction of sp³-hybridized carbons (Fsp3) is 0.467. The summed E-state index contributed by atoms with van der Waals surface area (Å²) in [5, 5.41) is 12.7. The van der Waals surface area contributed by atoms with E-state index in [0.29, 0.717) is 6.04 Å². The van der Waals surface area contributed by atoms with E-state index >= 15 is 0 Å². The number of nitrogens with one attached hydrogen (secondary N) is 1. The van der Waals surface area contributed by atoms with Crippen molar-refractivity contribution < 1.29 is 9.50 Å². The predicted octanol–water partition coefficient (Wildman–Crippen LogP) is 2.89. The average Bonchev–Trinajstić information content (AvgIpc) is 2.87. The van der Waals surface area contributed by atoms with Crippen LogP contribution in [-0.2, 0) is 0 Å². The van der Waals surface area contributed by atoms with Crippen molar-refractivity contribution >= 4 is 11.8 Å². The minimum Gasteiger partial charge on any atom is -0.396 e. The smallest absolute Gasteiger partial charge is 0.123 e. The van der Waals surface area contributed by atoms with E-state index in [0.717, 1.165) is 24.2 Å². The fourth-order valence-corrected chi connectivity index (χ4v) is 3.94. The average molecular weight is 279 g/mol. The summed E-state index contributed by atoms with van der Waals surface area (Å²) in [6, 6.07) is 5.58. The van der Waals surface area contributed by atoms with Crippen LogP contribution in [-0.4, -0.2) is 23.5 Å². The first-order valence-corrected chi connectivity index (χ1v) is 7.72. The molecule has 1 aliphatic carbocycles. The third-order valence-electron chi connectivity index (χ3n) is 3.83. The number of aliphatic hydroxyl groups excluding tert-OH is 1. The van der Waals surface area contributed by atoms with Crippen molar-refractivity contribution in [3.63, 3.8) is 0 Å². The molecular weight excluding hydrogens is 261 g/mol. The molecule has 2 aliphatic rings. The van der Waals surface area contributed by atoms with E-state index in [2.05, 4.69) is 17.5 Å². The third-order valence-corrected chi connectivity index (χ3v) is 4.96. The Morgan fingerprint density at radius 1 is 1.37 bits per heavy atom. The molecule has 0 spiro atoms. The van der Waals surface area contributed by atoms with Crippen molar-refractivity contribution in [1.29, 1.82) is 0 Å². The molecule has 4 heteroatoms. The van der Waals surface area contributed by atoms with Gasteiger partial charge >= 0.3 is 0 Å². The van der Waals surface area contributed by atoms with Gasteiger partial charge in [-0.15, -0.1) is 11.8 Å². The van der Waals surface area contributed by atoms with Crippen LogP contribution in [0.1, 0.15) is 24.4 Å². The highest BCUT2D eigenvalue weighted by Crippen LogP contribution is 2.37. The summed E-state index contributed by atoms with van der Waals surface area (Å²) in [5.74, 6) is 1.17. The van der Waals surface area contributed by atoms with Gasteiger partial charge in [0.25, 0.3) is 0 Å². The maximum Gasteiger partial charge on any atom is 0.123 e. The first-order valence-electron chi connectivity index (χ1n) is 6.74. The first-order chi connectivity index (χ1) is 9.26. The Morgan fingerprint density at radius 2 is 2.26 bits per heavy atom. The lowest BCUT2D eigenvalue weighted by atomic mass is 10.0. The minimum absolute atomic E-state index is 0.164. The Kier molecular flexibility index (Phi) is 3.91. The standard InChI is InChI=1S/C15H18FNOS/c16-11-2-4-15-13(8-11)14(5-6-19-15)17-12-3-1-10(7-12)9-18/h1-4,8,10,12,14,17-18H,5-7,9H2/t10-,12+,14+/m0/s1. The summed E-state index contributed by atoms with van der Waals surface area (Å²) < 4.78 is 13.4. The van der Waals surface area contributed by atoms with E-state index in [9.17, 15) is 4.39 Å². The lowest BCUT2D eigenvalue weighted by Crippen LogP contribution is -2.32. The number of rotatable bonds is 3. The van der Waals surface area contributed by atoms with Gasteiger partial charge in [0.2, 0.25) is 0 Å². The maximum atomic E-state index is 13.4. The fourth-order valence-electron chi connectivity index (χ4n) is 2.83. The topological polar surface area (TPSA) is 32.3 Å². The highest BCUT2D eigenvalue weighted by molar-refractivity contribution is 7.99. The Balaban J connectivity index is 1.73. The summed E-state index contributed by atoms with van der Waals surface area (Å²) in [6.45, 7) is 0.209. The van der Waals surface area contributed by atoms with Crippen molar-refractivity contribution in [1.82, 2.24) is 5.32 Å². The molecule has 19 heavy (non-hydrogen) atoms. The molecule has 0 fully saturated rings. The van der Waals surface area contributed by atoms with Crippen molar-refractivity contribution in [2.75, 3.05) is 12.4 Å². The molecule has 0 bridgehead atoms. The third kappa shape index (κ3) is 2.86. The van der Waals surface area contributed by atoms with E-state index in [4.69, 9.17) is 5.11 Å². The van der Waals surface area contributed by atoms with Gasteiger partial charge in [0, 0.05) is 29.5 Å². The van der Waals surface area contributed by atoms with Gasteiger partial charge in [0.15, 0.2) is 0 Å². The zero-order chi connectivity index (χ0) is 13.2. The van der Waals surface area contributed by atoms with Gasteiger partial charge in [0.1, 0.15) is 5.82 Å². The molecule has 1 aliphatic heterocycles. The van der Waals surface area contributed by atoms with Crippen LogP contribution in [0.25, 0.3) is 0 Å². The second kappa shape index (κ2) is 5.65. The van der Waals surface area contributed by atoms with Gasteiger partial charge in [-0.3, -0.25) is 0 Å². The summed E-state index contributed by atoms with van der Waals surface area (Å²) >= 11 is 1.80. The lowest BCUT2D eigenvalue weighted by Gasteiger charge is -2.28. The quantitative estimate of drug-likeness (QED) is 0.835. The van der Waals surface area contributed by atoms with Gasteiger partial charge in [-0.2, -0.15) is 0 Å². The molecule has 0 radical (unpaired) electrons. The van der Waals surface area contributed by atoms with Crippen LogP contribution in [0.3, 0.4) is 0 Å². The minimum atomic E-state index is -0.164. The summed E-state index contributed by atoms with van der Waals surface area (Å²) in [7, 11) is 0. The molecule has 3 atom stereocenters. The number of benzene rings is 1. The van der Waals surface area contributed by atoms with Crippen LogP contribution in [0.15, 0.2) is 35.2 Å². The van der Waals surface area contributed by atoms with Crippen LogP contribution in [0.2, 0.25) is 0 Å². The highest BCUT2D eigenvalue weighted by Gasteiger charge is 2.25. The first kappa shape index (κ1) is 13.2. The van der Waals surface area contributed by atoms with E-state index in [1.54, 1.807) is 17.8 Å². The van der Waals surface area contributed by atoms with E-state index in [1.807, 2.05) is 6.07 Å². The number of aliphatic hydroxyl groups is 1. The molecule has 2 nitrogen and oxygen atoms in total. The van der Waals surface area contributed by atoms with Crippen LogP contribution >= 0.6 is 11.8 Å². The maximum absolute atomic E-state index is 13.4. The van der Waals surface area contributed by atoms with Gasteiger partial charge in [-0.05, 0) is 42.4 Å².